The third-order valence-electron chi connectivity index (χ3n) is 3.15. The molecule has 1 aromatic heterocycles. The first-order valence-electron chi connectivity index (χ1n) is 5.26. The number of aryl methyl sites for hydroxylation is 1. The molecule has 0 atom stereocenters. The van der Waals surface area contributed by atoms with Crippen LogP contribution >= 0.6 is 22.6 Å². The van der Waals surface area contributed by atoms with Crippen LogP contribution in [-0.4, -0.2) is 11.5 Å². The van der Waals surface area contributed by atoms with Crippen LogP contribution in [0.5, 0.6) is 0 Å². The van der Waals surface area contributed by atoms with Gasteiger partial charge in [0.2, 0.25) is 0 Å². The number of halogens is 1. The number of rotatable bonds is 0. The lowest BCUT2D eigenvalue weighted by atomic mass is 10.0. The topological polar surface area (TPSA) is 27.8 Å². The second-order valence-corrected chi connectivity index (χ2v) is 5.21. The molecule has 0 saturated carbocycles. The third-order valence-corrected chi connectivity index (χ3v) is 4.54. The average molecular weight is 312 g/mol. The second kappa shape index (κ2) is 3.49. The van der Waals surface area contributed by atoms with E-state index in [1.807, 2.05) is 0 Å². The van der Waals surface area contributed by atoms with Gasteiger partial charge in [-0.1, -0.05) is 12.1 Å². The Morgan fingerprint density at radius 2 is 2.20 bits per heavy atom. The van der Waals surface area contributed by atoms with Gasteiger partial charge in [-0.25, -0.2) is 0 Å². The highest BCUT2D eigenvalue weighted by atomic mass is 127. The van der Waals surface area contributed by atoms with Crippen LogP contribution in [0.25, 0.3) is 10.9 Å². The van der Waals surface area contributed by atoms with E-state index in [0.29, 0.717) is 0 Å². The Kier molecular flexibility index (Phi) is 2.25. The predicted octanol–water partition coefficient (Wildman–Crippen LogP) is 2.73. The zero-order valence-corrected chi connectivity index (χ0v) is 10.8. The minimum Gasteiger partial charge on any atom is -0.356 e. The van der Waals surface area contributed by atoms with Gasteiger partial charge in [0.15, 0.2) is 0 Å². The van der Waals surface area contributed by atoms with Crippen molar-refractivity contribution in [1.82, 2.24) is 10.3 Å². The molecule has 1 aliphatic rings. The lowest BCUT2D eigenvalue weighted by Gasteiger charge is -2.12. The van der Waals surface area contributed by atoms with Crippen LogP contribution in [-0.2, 0) is 13.0 Å². The van der Waals surface area contributed by atoms with Crippen molar-refractivity contribution < 1.29 is 0 Å². The molecule has 0 saturated heterocycles. The molecule has 0 unspecified atom stereocenters. The van der Waals surface area contributed by atoms with E-state index in [2.05, 4.69) is 51.9 Å². The van der Waals surface area contributed by atoms with Gasteiger partial charge in [-0.3, -0.25) is 0 Å². The number of benzene rings is 1. The summed E-state index contributed by atoms with van der Waals surface area (Å²) < 4.78 is 1.36. The first-order chi connectivity index (χ1) is 7.27. The van der Waals surface area contributed by atoms with E-state index in [4.69, 9.17) is 0 Å². The zero-order chi connectivity index (χ0) is 10.4. The molecule has 1 aromatic carbocycles. The standard InChI is InChI=1S/C12H13IN2/c1-7-2-3-9-8-4-5-14-6-10(8)15-12(9)11(7)13/h2-3,14-15H,4-6H2,1H3. The highest BCUT2D eigenvalue weighted by molar-refractivity contribution is 14.1. The molecule has 2 nitrogen and oxygen atoms in total. The molecule has 0 aliphatic carbocycles. The fourth-order valence-electron chi connectivity index (χ4n) is 2.31. The summed E-state index contributed by atoms with van der Waals surface area (Å²) in [6.45, 7) is 4.25. The largest absolute Gasteiger partial charge is 0.356 e. The summed E-state index contributed by atoms with van der Waals surface area (Å²) in [5, 5.41) is 4.82. The van der Waals surface area contributed by atoms with Gasteiger partial charge in [0.05, 0.1) is 5.52 Å². The molecule has 0 radical (unpaired) electrons. The van der Waals surface area contributed by atoms with Crippen molar-refractivity contribution in [1.29, 1.82) is 0 Å². The molecule has 1 aliphatic heterocycles. The van der Waals surface area contributed by atoms with Crippen LogP contribution in [0.3, 0.4) is 0 Å². The second-order valence-electron chi connectivity index (χ2n) is 4.13. The maximum absolute atomic E-state index is 3.56. The fourth-order valence-corrected chi connectivity index (χ4v) is 2.91. The van der Waals surface area contributed by atoms with E-state index in [-0.39, 0.29) is 0 Å². The normalized spacial score (nSPS) is 15.6. The van der Waals surface area contributed by atoms with Gasteiger partial charge in [0, 0.05) is 21.2 Å². The highest BCUT2D eigenvalue weighted by Gasteiger charge is 2.16. The quantitative estimate of drug-likeness (QED) is 0.719. The molecule has 0 spiro atoms. The predicted molar refractivity (Wildman–Crippen MR) is 71.2 cm³/mol. The minimum absolute atomic E-state index is 0.985. The number of fused-ring (bicyclic) bond motifs is 3. The Morgan fingerprint density at radius 1 is 1.33 bits per heavy atom. The number of hydrogen-bond acceptors (Lipinski definition) is 1. The maximum atomic E-state index is 3.56. The molecule has 2 aromatic rings. The Balaban J connectivity index is 2.36. The summed E-state index contributed by atoms with van der Waals surface area (Å²) in [5.74, 6) is 0. The van der Waals surface area contributed by atoms with Crippen LogP contribution in [0.1, 0.15) is 16.8 Å². The molecule has 3 rings (SSSR count). The molecule has 78 valence electrons. The van der Waals surface area contributed by atoms with Gasteiger partial charge in [0.25, 0.3) is 0 Å². The first kappa shape index (κ1) is 9.66. The molecule has 3 heteroatoms. The van der Waals surface area contributed by atoms with E-state index in [1.165, 1.54) is 31.3 Å². The SMILES string of the molecule is Cc1ccc2c3c([nH]c2c1I)CNCC3. The smallest absolute Gasteiger partial charge is 0.0597 e. The first-order valence-corrected chi connectivity index (χ1v) is 6.34. The number of H-pyrrole nitrogens is 1. The molecule has 2 heterocycles. The Bertz CT molecular complexity index is 528. The lowest BCUT2D eigenvalue weighted by molar-refractivity contribution is 0.637. The van der Waals surface area contributed by atoms with Crippen LogP contribution in [0.2, 0.25) is 0 Å². The van der Waals surface area contributed by atoms with Crippen molar-refractivity contribution in [3.63, 3.8) is 0 Å². The summed E-state index contributed by atoms with van der Waals surface area (Å²) in [6, 6.07) is 4.48. The summed E-state index contributed by atoms with van der Waals surface area (Å²) in [6.07, 6.45) is 1.15. The van der Waals surface area contributed by atoms with E-state index in [0.717, 1.165) is 19.5 Å². The number of nitrogens with one attached hydrogen (secondary N) is 2. The van der Waals surface area contributed by atoms with Gasteiger partial charge < -0.3 is 10.3 Å². The molecule has 0 amide bonds. The van der Waals surface area contributed by atoms with Crippen molar-refractivity contribution in [2.24, 2.45) is 0 Å². The third kappa shape index (κ3) is 1.40. The van der Waals surface area contributed by atoms with Crippen molar-refractivity contribution in [3.8, 4) is 0 Å². The Labute approximate surface area is 103 Å². The van der Waals surface area contributed by atoms with Gasteiger partial charge in [0.1, 0.15) is 0 Å². The van der Waals surface area contributed by atoms with E-state index >= 15 is 0 Å². The zero-order valence-electron chi connectivity index (χ0n) is 8.65. The molecule has 0 fully saturated rings. The van der Waals surface area contributed by atoms with Crippen molar-refractivity contribution in [2.75, 3.05) is 6.54 Å². The molecule has 0 bridgehead atoms. The minimum atomic E-state index is 0.985. The molecule has 15 heavy (non-hydrogen) atoms. The molecule has 2 N–H and O–H groups in total. The van der Waals surface area contributed by atoms with Gasteiger partial charge in [-0.05, 0) is 53.6 Å². The van der Waals surface area contributed by atoms with Crippen LogP contribution < -0.4 is 5.32 Å². The van der Waals surface area contributed by atoms with Crippen LogP contribution in [0, 0.1) is 10.5 Å². The summed E-state index contributed by atoms with van der Waals surface area (Å²) in [4.78, 5) is 3.56. The van der Waals surface area contributed by atoms with Crippen molar-refractivity contribution in [3.05, 3.63) is 32.5 Å². The molecular weight excluding hydrogens is 299 g/mol. The summed E-state index contributed by atoms with van der Waals surface area (Å²) >= 11 is 2.43. The number of hydrogen-bond donors (Lipinski definition) is 2. The van der Waals surface area contributed by atoms with Crippen molar-refractivity contribution in [2.45, 2.75) is 19.9 Å². The van der Waals surface area contributed by atoms with Crippen molar-refractivity contribution >= 4 is 33.5 Å². The Morgan fingerprint density at radius 3 is 3.07 bits per heavy atom. The highest BCUT2D eigenvalue weighted by Crippen LogP contribution is 2.29. The van der Waals surface area contributed by atoms with Gasteiger partial charge in [-0.2, -0.15) is 0 Å². The van der Waals surface area contributed by atoms with Gasteiger partial charge >= 0.3 is 0 Å². The number of aromatic amines is 1. The van der Waals surface area contributed by atoms with Crippen LogP contribution in [0.15, 0.2) is 12.1 Å². The average Bonchev–Trinajstić information content (AvgIpc) is 2.63. The maximum Gasteiger partial charge on any atom is 0.0597 e. The Hall–Kier alpha value is -0.550. The van der Waals surface area contributed by atoms with Crippen LogP contribution in [0.4, 0.5) is 0 Å². The lowest BCUT2D eigenvalue weighted by Crippen LogP contribution is -2.22. The monoisotopic (exact) mass is 312 g/mol. The molecular formula is C12H13IN2. The fraction of sp³-hybridized carbons (Fsp3) is 0.333. The van der Waals surface area contributed by atoms with E-state index in [1.54, 1.807) is 0 Å². The summed E-state index contributed by atoms with van der Waals surface area (Å²) in [7, 11) is 0. The summed E-state index contributed by atoms with van der Waals surface area (Å²) in [5.41, 5.74) is 5.57. The van der Waals surface area contributed by atoms with E-state index in [9.17, 15) is 0 Å². The van der Waals surface area contributed by atoms with Gasteiger partial charge in [-0.15, -0.1) is 0 Å². The number of aromatic nitrogens is 1. The van der Waals surface area contributed by atoms with E-state index < -0.39 is 0 Å².